The molecule has 8 nitrogen and oxygen atoms in total. The van der Waals surface area contributed by atoms with Crippen molar-refractivity contribution in [1.29, 1.82) is 0 Å². The average molecular weight is 260 g/mol. The van der Waals surface area contributed by atoms with E-state index in [0.29, 0.717) is 0 Å². The summed E-state index contributed by atoms with van der Waals surface area (Å²) in [5.74, 6) is 0. The average Bonchev–Trinajstić information content (AvgIpc) is 1.86. The van der Waals surface area contributed by atoms with Gasteiger partial charge in [0.2, 0.25) is 0 Å². The summed E-state index contributed by atoms with van der Waals surface area (Å²) in [4.78, 5) is 0. The molecule has 0 fully saturated rings. The second-order valence-corrected chi connectivity index (χ2v) is 3.95. The van der Waals surface area contributed by atoms with Crippen molar-refractivity contribution in [2.24, 2.45) is 0 Å². The molecule has 0 aromatic carbocycles. The van der Waals surface area contributed by atoms with E-state index < -0.39 is 20.6 Å². The van der Waals surface area contributed by atoms with Gasteiger partial charge >= 0.3 is 37.7 Å². The minimum Gasteiger partial charge on any atom is -0.735 e. The third-order valence-corrected chi connectivity index (χ3v) is 1.50. The smallest absolute Gasteiger partial charge is 0.735 e. The minimum atomic E-state index is -4.16. The summed E-state index contributed by atoms with van der Waals surface area (Å²) in [5.41, 5.74) is 0. The Morgan fingerprint density at radius 3 is 0.923 bits per heavy atom. The van der Waals surface area contributed by atoms with Crippen LogP contribution in [-0.4, -0.2) is 77.8 Å². The summed E-state index contributed by atoms with van der Waals surface area (Å²) in [7, 11) is -6.21. The summed E-state index contributed by atoms with van der Waals surface area (Å²) in [6.45, 7) is 0. The molecule has 0 saturated carbocycles. The van der Waals surface area contributed by atoms with Crippen molar-refractivity contribution in [3.8, 4) is 0 Å². The number of nitrogens with one attached hydrogen (secondary N) is 2. The van der Waals surface area contributed by atoms with Crippen LogP contribution >= 0.6 is 0 Å². The van der Waals surface area contributed by atoms with E-state index in [9.17, 15) is 25.9 Å². The van der Waals surface area contributed by atoms with Gasteiger partial charge in [-0.15, -0.1) is 0 Å². The second kappa shape index (κ2) is 8.32. The molecule has 0 aromatic rings. The van der Waals surface area contributed by atoms with Gasteiger partial charge in [0, 0.05) is 0 Å². The first-order valence-electron chi connectivity index (χ1n) is 2.41. The van der Waals surface area contributed by atoms with E-state index in [1.807, 2.05) is 0 Å². The van der Waals surface area contributed by atoms with Gasteiger partial charge in [0.05, 0.1) is 0 Å². The maximum atomic E-state index is 9.33. The van der Waals surface area contributed by atoms with Crippen molar-refractivity contribution in [3.05, 3.63) is 0 Å². The van der Waals surface area contributed by atoms with Crippen LogP contribution in [0.5, 0.6) is 0 Å². The maximum Gasteiger partial charge on any atom is 2.00 e. The SMILES string of the molecule is CNS(=O)(=O)[O-].CNS(=O)(=O)[O-].[Ca+2]. The van der Waals surface area contributed by atoms with E-state index >= 15 is 0 Å². The number of hydrogen-bond acceptors (Lipinski definition) is 6. The molecule has 0 aliphatic rings. The Morgan fingerprint density at radius 1 is 0.846 bits per heavy atom. The van der Waals surface area contributed by atoms with Crippen molar-refractivity contribution in [2.75, 3.05) is 14.1 Å². The quantitative estimate of drug-likeness (QED) is 0.399. The van der Waals surface area contributed by atoms with Gasteiger partial charge in [0.15, 0.2) is 20.6 Å². The van der Waals surface area contributed by atoms with E-state index in [2.05, 4.69) is 0 Å². The van der Waals surface area contributed by atoms with Gasteiger partial charge in [0.25, 0.3) is 0 Å². The first-order chi connectivity index (χ1) is 5.12. The molecule has 0 saturated heterocycles. The van der Waals surface area contributed by atoms with Crippen LogP contribution in [0.3, 0.4) is 0 Å². The van der Waals surface area contributed by atoms with Gasteiger partial charge in [-0.1, -0.05) is 0 Å². The molecule has 2 N–H and O–H groups in total. The molecule has 0 atom stereocenters. The third kappa shape index (κ3) is 32.1. The van der Waals surface area contributed by atoms with Gasteiger partial charge in [-0.2, -0.15) is 0 Å². The van der Waals surface area contributed by atoms with Crippen LogP contribution in [0.1, 0.15) is 0 Å². The van der Waals surface area contributed by atoms with Crippen LogP contribution in [0.15, 0.2) is 0 Å². The Balaban J connectivity index is -0.000000143. The molecule has 0 radical (unpaired) electrons. The van der Waals surface area contributed by atoms with Gasteiger partial charge in [0.1, 0.15) is 0 Å². The molecule has 0 aliphatic carbocycles. The molecule has 0 heterocycles. The van der Waals surface area contributed by atoms with Crippen molar-refractivity contribution in [3.63, 3.8) is 0 Å². The Morgan fingerprint density at radius 2 is 0.923 bits per heavy atom. The van der Waals surface area contributed by atoms with Crippen molar-refractivity contribution in [2.45, 2.75) is 0 Å². The van der Waals surface area contributed by atoms with E-state index in [4.69, 9.17) is 0 Å². The molecule has 13 heavy (non-hydrogen) atoms. The van der Waals surface area contributed by atoms with Crippen LogP contribution in [0, 0.1) is 0 Å². The molecule has 0 bridgehead atoms. The minimum absolute atomic E-state index is 0. The summed E-state index contributed by atoms with van der Waals surface area (Å²) < 4.78 is 59.0. The fourth-order valence-corrected chi connectivity index (χ4v) is 0. The molecule has 76 valence electrons. The molecule has 0 amide bonds. The first kappa shape index (κ1) is 19.6. The molecule has 0 aliphatic heterocycles. The van der Waals surface area contributed by atoms with Gasteiger partial charge < -0.3 is 9.11 Å². The summed E-state index contributed by atoms with van der Waals surface area (Å²) in [6.07, 6.45) is 0. The summed E-state index contributed by atoms with van der Waals surface area (Å²) >= 11 is 0. The number of rotatable bonds is 2. The Bertz CT molecular complexity index is 263. The molecule has 11 heteroatoms. The largest absolute Gasteiger partial charge is 2.00 e. The maximum absolute atomic E-state index is 9.33. The van der Waals surface area contributed by atoms with Crippen LogP contribution < -0.4 is 9.44 Å². The fraction of sp³-hybridized carbons (Fsp3) is 1.00. The Kier molecular flexibility index (Phi) is 12.5. The number of hydrogen-bond donors (Lipinski definition) is 2. The van der Waals surface area contributed by atoms with E-state index in [0.717, 1.165) is 14.1 Å². The summed E-state index contributed by atoms with van der Waals surface area (Å²) in [6, 6.07) is 0. The molecular weight excluding hydrogens is 252 g/mol. The van der Waals surface area contributed by atoms with Crippen molar-refractivity contribution >= 4 is 58.3 Å². The van der Waals surface area contributed by atoms with E-state index in [1.165, 1.54) is 9.44 Å². The summed E-state index contributed by atoms with van der Waals surface area (Å²) in [5, 5.41) is 0. The van der Waals surface area contributed by atoms with E-state index in [-0.39, 0.29) is 37.7 Å². The fourth-order valence-electron chi connectivity index (χ4n) is 0. The van der Waals surface area contributed by atoms with Crippen LogP contribution in [0.25, 0.3) is 0 Å². The van der Waals surface area contributed by atoms with Crippen LogP contribution in [0.2, 0.25) is 0 Å². The Hall–Kier alpha value is 1.000. The zero-order valence-corrected chi connectivity index (χ0v) is 10.8. The van der Waals surface area contributed by atoms with Gasteiger partial charge in [-0.25, -0.2) is 26.3 Å². The predicted octanol–water partition coefficient (Wildman–Crippen LogP) is -3.05. The monoisotopic (exact) mass is 260 g/mol. The van der Waals surface area contributed by atoms with Crippen LogP contribution in [-0.2, 0) is 20.6 Å². The predicted molar refractivity (Wildman–Crippen MR) is 43.3 cm³/mol. The first-order valence-corrected chi connectivity index (χ1v) is 5.22. The topological polar surface area (TPSA) is 138 Å². The van der Waals surface area contributed by atoms with Crippen molar-refractivity contribution in [1.82, 2.24) is 9.44 Å². The van der Waals surface area contributed by atoms with Crippen molar-refractivity contribution < 1.29 is 25.9 Å². The van der Waals surface area contributed by atoms with Gasteiger partial charge in [-0.05, 0) is 14.1 Å². The standard InChI is InChI=1S/2CH5NO3S.Ca/c2*1-2-6(3,4)5;/h2*2H,1H3,(H,3,4,5);/q;;+2/p-2. The molecule has 0 spiro atoms. The normalized spacial score (nSPS) is 10.8. The zero-order valence-electron chi connectivity index (χ0n) is 6.97. The zero-order chi connectivity index (χ0) is 10.4. The Labute approximate surface area is 107 Å². The van der Waals surface area contributed by atoms with Gasteiger partial charge in [-0.3, -0.25) is 0 Å². The molecule has 0 unspecified atom stereocenters. The third-order valence-electron chi connectivity index (χ3n) is 0.500. The molecule has 0 rings (SSSR count). The second-order valence-electron chi connectivity index (χ2n) is 1.32. The van der Waals surface area contributed by atoms with Crippen LogP contribution in [0.4, 0.5) is 0 Å². The molecule has 0 aromatic heterocycles. The molecular formula is C2H8CaN2O6S2. The van der Waals surface area contributed by atoms with E-state index in [1.54, 1.807) is 0 Å².